The summed E-state index contributed by atoms with van der Waals surface area (Å²) in [6.07, 6.45) is 1.03. The maximum atomic E-state index is 13.2. The van der Waals surface area contributed by atoms with Crippen molar-refractivity contribution < 1.29 is 4.79 Å². The Morgan fingerprint density at radius 1 is 1.21 bits per heavy atom. The Morgan fingerprint density at radius 2 is 1.90 bits per heavy atom. The van der Waals surface area contributed by atoms with Crippen molar-refractivity contribution in [2.75, 3.05) is 11.9 Å². The van der Waals surface area contributed by atoms with Gasteiger partial charge in [-0.15, -0.1) is 0 Å². The van der Waals surface area contributed by atoms with Gasteiger partial charge >= 0.3 is 0 Å². The van der Waals surface area contributed by atoms with E-state index in [9.17, 15) is 4.79 Å². The number of aryl methyl sites for hydroxylation is 4. The number of amides is 1. The molecule has 3 aromatic rings. The van der Waals surface area contributed by atoms with E-state index in [-0.39, 0.29) is 11.4 Å². The zero-order chi connectivity index (χ0) is 20.9. The molecule has 3 heterocycles. The van der Waals surface area contributed by atoms with Crippen LogP contribution in [0, 0.1) is 27.7 Å². The molecule has 1 amide bonds. The third-order valence-corrected chi connectivity index (χ3v) is 6.52. The van der Waals surface area contributed by atoms with E-state index in [4.69, 9.17) is 4.98 Å². The number of hydrogen-bond acceptors (Lipinski definition) is 3. The molecule has 2 aromatic heterocycles. The number of rotatable bonds is 4. The van der Waals surface area contributed by atoms with Gasteiger partial charge in [-0.2, -0.15) is 0 Å². The molecule has 29 heavy (non-hydrogen) atoms. The van der Waals surface area contributed by atoms with Gasteiger partial charge in [0.2, 0.25) is 0 Å². The standard InChI is InChI=1S/C24H30N4O/c1-14-8-7-9-15(2)19(14)13-25-22-21-18(16(3)17(4)26-21)12-20(27-22)23(29)28-11-10-24(28,5)6/h7-9,12,26H,10-11,13H2,1-6H3,(H,25,27). The van der Waals surface area contributed by atoms with E-state index >= 15 is 0 Å². The lowest BCUT2D eigenvalue weighted by molar-refractivity contribution is 0.0152. The normalized spacial score (nSPS) is 15.4. The number of aromatic nitrogens is 2. The lowest BCUT2D eigenvalue weighted by Gasteiger charge is -2.48. The van der Waals surface area contributed by atoms with Gasteiger partial charge in [0.15, 0.2) is 5.82 Å². The van der Waals surface area contributed by atoms with Crippen LogP contribution in [0.15, 0.2) is 24.3 Å². The molecule has 1 aliphatic heterocycles. The largest absolute Gasteiger partial charge is 0.364 e. The highest BCUT2D eigenvalue weighted by Gasteiger charge is 2.40. The van der Waals surface area contributed by atoms with Crippen LogP contribution in [0.25, 0.3) is 10.9 Å². The summed E-state index contributed by atoms with van der Waals surface area (Å²) in [6, 6.07) is 8.27. The molecule has 1 saturated heterocycles. The molecule has 5 nitrogen and oxygen atoms in total. The van der Waals surface area contributed by atoms with Crippen LogP contribution in [-0.4, -0.2) is 32.9 Å². The van der Waals surface area contributed by atoms with E-state index in [1.165, 1.54) is 16.7 Å². The van der Waals surface area contributed by atoms with Crippen molar-refractivity contribution in [2.24, 2.45) is 0 Å². The van der Waals surface area contributed by atoms with E-state index in [0.29, 0.717) is 12.2 Å². The minimum atomic E-state index is -0.0946. The van der Waals surface area contributed by atoms with Crippen molar-refractivity contribution >= 4 is 22.6 Å². The zero-order valence-corrected chi connectivity index (χ0v) is 18.2. The molecule has 1 aromatic carbocycles. The highest BCUT2D eigenvalue weighted by molar-refractivity contribution is 6.01. The lowest BCUT2D eigenvalue weighted by atomic mass is 9.88. The van der Waals surface area contributed by atoms with E-state index in [2.05, 4.69) is 70.0 Å². The molecular formula is C24H30N4O. The summed E-state index contributed by atoms with van der Waals surface area (Å²) in [4.78, 5) is 23.3. The van der Waals surface area contributed by atoms with Crippen LogP contribution in [0.4, 0.5) is 5.82 Å². The first-order chi connectivity index (χ1) is 13.7. The number of likely N-dealkylation sites (tertiary alicyclic amines) is 1. The zero-order valence-electron chi connectivity index (χ0n) is 18.2. The first kappa shape index (κ1) is 19.5. The van der Waals surface area contributed by atoms with Crippen LogP contribution >= 0.6 is 0 Å². The van der Waals surface area contributed by atoms with Crippen molar-refractivity contribution in [1.82, 2.24) is 14.9 Å². The van der Waals surface area contributed by atoms with Crippen molar-refractivity contribution in [3.8, 4) is 0 Å². The van der Waals surface area contributed by atoms with Crippen molar-refractivity contribution in [3.63, 3.8) is 0 Å². The van der Waals surface area contributed by atoms with Gasteiger partial charge in [0.05, 0.1) is 5.52 Å². The maximum absolute atomic E-state index is 13.2. The molecule has 0 atom stereocenters. The number of carbonyl (C=O) groups is 1. The number of fused-ring (bicyclic) bond motifs is 1. The molecule has 0 unspecified atom stereocenters. The molecule has 5 heteroatoms. The van der Waals surface area contributed by atoms with Crippen molar-refractivity contribution in [1.29, 1.82) is 0 Å². The SMILES string of the molecule is Cc1cccc(C)c1CNc1nc(C(=O)N2CCC2(C)C)cc2c(C)c(C)[nH]c12. The van der Waals surface area contributed by atoms with Gasteiger partial charge in [0.25, 0.3) is 5.91 Å². The minimum absolute atomic E-state index is 0.0107. The molecule has 0 saturated carbocycles. The maximum Gasteiger partial charge on any atom is 0.273 e. The van der Waals surface area contributed by atoms with Crippen molar-refractivity contribution in [3.05, 3.63) is 57.9 Å². The average molecular weight is 391 g/mol. The number of nitrogens with one attached hydrogen (secondary N) is 2. The predicted octanol–water partition coefficient (Wildman–Crippen LogP) is 5.03. The fraction of sp³-hybridized carbons (Fsp3) is 0.417. The Morgan fingerprint density at radius 3 is 2.48 bits per heavy atom. The molecule has 0 bridgehead atoms. The second kappa shape index (κ2) is 6.90. The first-order valence-electron chi connectivity index (χ1n) is 10.3. The number of H-pyrrole nitrogens is 1. The lowest BCUT2D eigenvalue weighted by Crippen LogP contribution is -2.58. The molecule has 0 aliphatic carbocycles. The summed E-state index contributed by atoms with van der Waals surface area (Å²) in [6.45, 7) is 14.1. The average Bonchev–Trinajstić information content (AvgIpc) is 2.95. The van der Waals surface area contributed by atoms with Gasteiger partial charge in [-0.1, -0.05) is 18.2 Å². The summed E-state index contributed by atoms with van der Waals surface area (Å²) in [5.74, 6) is 0.750. The van der Waals surface area contributed by atoms with E-state index in [0.717, 1.165) is 40.9 Å². The Labute approximate surface area is 172 Å². The van der Waals surface area contributed by atoms with Gasteiger partial charge in [0, 0.05) is 29.7 Å². The Kier molecular flexibility index (Phi) is 4.64. The van der Waals surface area contributed by atoms with Crippen LogP contribution in [0.5, 0.6) is 0 Å². The third kappa shape index (κ3) is 3.28. The Bertz CT molecular complexity index is 1090. The highest BCUT2D eigenvalue weighted by Crippen LogP contribution is 2.33. The molecule has 1 aliphatic rings. The van der Waals surface area contributed by atoms with Gasteiger partial charge in [0.1, 0.15) is 5.69 Å². The van der Waals surface area contributed by atoms with E-state index in [1.54, 1.807) is 0 Å². The fourth-order valence-electron chi connectivity index (χ4n) is 4.17. The van der Waals surface area contributed by atoms with E-state index in [1.807, 2.05) is 11.0 Å². The minimum Gasteiger partial charge on any atom is -0.364 e. The third-order valence-electron chi connectivity index (χ3n) is 6.52. The summed E-state index contributed by atoms with van der Waals surface area (Å²) in [5.41, 5.74) is 7.41. The predicted molar refractivity (Wildman–Crippen MR) is 119 cm³/mol. The number of nitrogens with zero attached hydrogens (tertiary/aromatic N) is 2. The number of aromatic amines is 1. The molecule has 1 fully saturated rings. The topological polar surface area (TPSA) is 61.0 Å². The van der Waals surface area contributed by atoms with Crippen LogP contribution < -0.4 is 5.32 Å². The van der Waals surface area contributed by atoms with Crippen LogP contribution in [-0.2, 0) is 6.54 Å². The fourth-order valence-corrected chi connectivity index (χ4v) is 4.17. The van der Waals surface area contributed by atoms with Gasteiger partial charge in [-0.25, -0.2) is 4.98 Å². The van der Waals surface area contributed by atoms with E-state index < -0.39 is 0 Å². The highest BCUT2D eigenvalue weighted by atomic mass is 16.2. The van der Waals surface area contributed by atoms with Gasteiger partial charge in [-0.05, 0) is 76.3 Å². The first-order valence-corrected chi connectivity index (χ1v) is 10.3. The summed E-state index contributed by atoms with van der Waals surface area (Å²) in [5, 5.41) is 4.56. The van der Waals surface area contributed by atoms with Crippen LogP contribution in [0.1, 0.15) is 58.7 Å². The monoisotopic (exact) mass is 390 g/mol. The quantitative estimate of drug-likeness (QED) is 0.656. The molecule has 2 N–H and O–H groups in total. The Hall–Kier alpha value is -2.82. The number of carbonyl (C=O) groups excluding carboxylic acids is 1. The second-order valence-corrected chi connectivity index (χ2v) is 8.90. The smallest absolute Gasteiger partial charge is 0.273 e. The number of benzene rings is 1. The molecule has 152 valence electrons. The van der Waals surface area contributed by atoms with Crippen LogP contribution in [0.2, 0.25) is 0 Å². The van der Waals surface area contributed by atoms with Gasteiger partial charge < -0.3 is 15.2 Å². The Balaban J connectivity index is 1.74. The van der Waals surface area contributed by atoms with Gasteiger partial charge in [-0.3, -0.25) is 4.79 Å². The van der Waals surface area contributed by atoms with Crippen LogP contribution in [0.3, 0.4) is 0 Å². The number of anilines is 1. The second-order valence-electron chi connectivity index (χ2n) is 8.90. The molecular weight excluding hydrogens is 360 g/mol. The molecule has 4 rings (SSSR count). The van der Waals surface area contributed by atoms with Crippen molar-refractivity contribution in [2.45, 2.75) is 60.0 Å². The molecule has 0 spiro atoms. The number of hydrogen-bond donors (Lipinski definition) is 2. The summed E-state index contributed by atoms with van der Waals surface area (Å²) >= 11 is 0. The summed E-state index contributed by atoms with van der Waals surface area (Å²) in [7, 11) is 0. The summed E-state index contributed by atoms with van der Waals surface area (Å²) < 4.78 is 0. The number of pyridine rings is 1. The molecule has 0 radical (unpaired) electrons.